The number of aromatic nitrogens is 1. The molecule has 0 spiro atoms. The highest BCUT2D eigenvalue weighted by molar-refractivity contribution is 5.96. The minimum Gasteiger partial charge on any atom is -0.480 e. The van der Waals surface area contributed by atoms with Crippen molar-refractivity contribution in [2.75, 3.05) is 46.4 Å². The van der Waals surface area contributed by atoms with Gasteiger partial charge in [0.05, 0.1) is 7.11 Å². The molecular weight excluding hydrogens is 256 g/mol. The first kappa shape index (κ1) is 14.7. The van der Waals surface area contributed by atoms with Crippen LogP contribution in [-0.4, -0.2) is 62.2 Å². The predicted molar refractivity (Wildman–Crippen MR) is 77.0 cm³/mol. The van der Waals surface area contributed by atoms with E-state index in [-0.39, 0.29) is 5.91 Å². The highest BCUT2D eigenvalue weighted by Gasteiger charge is 2.12. The van der Waals surface area contributed by atoms with Gasteiger partial charge in [0.25, 0.3) is 5.91 Å². The monoisotopic (exact) mass is 278 g/mol. The summed E-state index contributed by atoms with van der Waals surface area (Å²) in [4.78, 5) is 18.5. The van der Waals surface area contributed by atoms with Crippen molar-refractivity contribution in [3.05, 3.63) is 23.9 Å². The van der Waals surface area contributed by atoms with Crippen molar-refractivity contribution in [2.24, 2.45) is 0 Å². The van der Waals surface area contributed by atoms with Crippen LogP contribution in [0.1, 0.15) is 16.8 Å². The Morgan fingerprint density at radius 2 is 2.30 bits per heavy atom. The van der Waals surface area contributed by atoms with Gasteiger partial charge in [-0.25, -0.2) is 4.98 Å². The van der Waals surface area contributed by atoms with Crippen LogP contribution in [0.25, 0.3) is 0 Å². The molecule has 0 unspecified atom stereocenters. The zero-order chi connectivity index (χ0) is 14.2. The summed E-state index contributed by atoms with van der Waals surface area (Å²) in [6.07, 6.45) is 2.56. The summed E-state index contributed by atoms with van der Waals surface area (Å²) in [6, 6.07) is 3.45. The second-order valence-electron chi connectivity index (χ2n) is 4.76. The van der Waals surface area contributed by atoms with Gasteiger partial charge in [-0.2, -0.15) is 0 Å². The summed E-state index contributed by atoms with van der Waals surface area (Å²) in [5.41, 5.74) is 0.483. The second-order valence-corrected chi connectivity index (χ2v) is 4.76. The van der Waals surface area contributed by atoms with Crippen LogP contribution < -0.4 is 15.4 Å². The standard InChI is InChI=1S/C14H22N4O2/c1-20-14-12(4-2-5-17-14)13(19)16-6-3-9-18-10-7-15-8-11-18/h2,4-5,15H,3,6-11H2,1H3,(H,16,19). The van der Waals surface area contributed by atoms with Crippen molar-refractivity contribution < 1.29 is 9.53 Å². The lowest BCUT2D eigenvalue weighted by Gasteiger charge is -2.27. The van der Waals surface area contributed by atoms with Gasteiger partial charge in [0.15, 0.2) is 0 Å². The van der Waals surface area contributed by atoms with Crippen molar-refractivity contribution in [1.82, 2.24) is 20.5 Å². The first-order chi connectivity index (χ1) is 9.81. The number of hydrogen-bond acceptors (Lipinski definition) is 5. The van der Waals surface area contributed by atoms with Crippen molar-refractivity contribution in [2.45, 2.75) is 6.42 Å². The fourth-order valence-electron chi connectivity index (χ4n) is 2.26. The van der Waals surface area contributed by atoms with Crippen molar-refractivity contribution in [1.29, 1.82) is 0 Å². The SMILES string of the molecule is COc1ncccc1C(=O)NCCCN1CCNCC1. The minimum atomic E-state index is -0.129. The number of carbonyl (C=O) groups excluding carboxylic acids is 1. The van der Waals surface area contributed by atoms with Crippen LogP contribution in [0, 0.1) is 0 Å². The van der Waals surface area contributed by atoms with E-state index in [0.717, 1.165) is 39.1 Å². The van der Waals surface area contributed by atoms with Crippen molar-refractivity contribution in [3.63, 3.8) is 0 Å². The smallest absolute Gasteiger partial charge is 0.256 e. The Morgan fingerprint density at radius 1 is 1.50 bits per heavy atom. The third kappa shape index (κ3) is 4.18. The van der Waals surface area contributed by atoms with Gasteiger partial charge in [0.2, 0.25) is 5.88 Å². The molecule has 0 bridgehead atoms. The zero-order valence-corrected chi connectivity index (χ0v) is 11.9. The molecule has 1 aliphatic rings. The van der Waals surface area contributed by atoms with Gasteiger partial charge in [-0.15, -0.1) is 0 Å². The van der Waals surface area contributed by atoms with Gasteiger partial charge in [0, 0.05) is 38.9 Å². The Labute approximate surface area is 119 Å². The molecule has 1 aromatic heterocycles. The largest absolute Gasteiger partial charge is 0.480 e. The average molecular weight is 278 g/mol. The number of amides is 1. The van der Waals surface area contributed by atoms with Gasteiger partial charge in [0.1, 0.15) is 5.56 Å². The van der Waals surface area contributed by atoms with E-state index in [1.54, 1.807) is 18.3 Å². The Bertz CT molecular complexity index is 433. The van der Waals surface area contributed by atoms with E-state index in [9.17, 15) is 4.79 Å². The highest BCUT2D eigenvalue weighted by Crippen LogP contribution is 2.12. The van der Waals surface area contributed by atoms with Gasteiger partial charge in [-0.05, 0) is 25.1 Å². The molecule has 0 aliphatic carbocycles. The molecule has 1 amide bonds. The van der Waals surface area contributed by atoms with Crippen LogP contribution in [0.5, 0.6) is 5.88 Å². The first-order valence-corrected chi connectivity index (χ1v) is 7.01. The normalized spacial score (nSPS) is 15.8. The number of piperazine rings is 1. The number of rotatable bonds is 6. The van der Waals surface area contributed by atoms with Gasteiger partial charge in [-0.3, -0.25) is 4.79 Å². The van der Waals surface area contributed by atoms with E-state index >= 15 is 0 Å². The first-order valence-electron chi connectivity index (χ1n) is 7.01. The summed E-state index contributed by atoms with van der Waals surface area (Å²) < 4.78 is 5.08. The summed E-state index contributed by atoms with van der Waals surface area (Å²) in [5.74, 6) is 0.238. The molecule has 6 heteroatoms. The van der Waals surface area contributed by atoms with Gasteiger partial charge < -0.3 is 20.3 Å². The van der Waals surface area contributed by atoms with E-state index < -0.39 is 0 Å². The van der Waals surface area contributed by atoms with Crippen LogP contribution >= 0.6 is 0 Å². The molecule has 20 heavy (non-hydrogen) atoms. The number of methoxy groups -OCH3 is 1. The fourth-order valence-corrected chi connectivity index (χ4v) is 2.26. The van der Waals surface area contributed by atoms with Crippen molar-refractivity contribution >= 4 is 5.91 Å². The molecule has 2 rings (SSSR count). The molecule has 1 saturated heterocycles. The molecule has 0 atom stereocenters. The van der Waals surface area contributed by atoms with E-state index in [4.69, 9.17) is 4.74 Å². The molecule has 6 nitrogen and oxygen atoms in total. The summed E-state index contributed by atoms with van der Waals surface area (Å²) in [6.45, 7) is 5.97. The maximum atomic E-state index is 12.0. The molecule has 1 fully saturated rings. The summed E-state index contributed by atoms with van der Waals surface area (Å²) >= 11 is 0. The second kappa shape index (κ2) is 7.81. The Morgan fingerprint density at radius 3 is 3.05 bits per heavy atom. The quantitative estimate of drug-likeness (QED) is 0.723. The molecule has 2 N–H and O–H groups in total. The third-order valence-electron chi connectivity index (χ3n) is 3.36. The number of ether oxygens (including phenoxy) is 1. The topological polar surface area (TPSA) is 66.5 Å². The Hall–Kier alpha value is -1.66. The van der Waals surface area contributed by atoms with Crippen LogP contribution in [0.4, 0.5) is 0 Å². The van der Waals surface area contributed by atoms with Crippen LogP contribution in [0.2, 0.25) is 0 Å². The van der Waals surface area contributed by atoms with Crippen LogP contribution in [0.15, 0.2) is 18.3 Å². The fraction of sp³-hybridized carbons (Fsp3) is 0.571. The van der Waals surface area contributed by atoms with Crippen molar-refractivity contribution in [3.8, 4) is 5.88 Å². The molecule has 0 saturated carbocycles. The van der Waals surface area contributed by atoms with Gasteiger partial charge in [-0.1, -0.05) is 0 Å². The predicted octanol–water partition coefficient (Wildman–Crippen LogP) is 0.115. The lowest BCUT2D eigenvalue weighted by Crippen LogP contribution is -2.44. The van der Waals surface area contributed by atoms with Crippen LogP contribution in [-0.2, 0) is 0 Å². The number of hydrogen-bond donors (Lipinski definition) is 2. The minimum absolute atomic E-state index is 0.129. The maximum Gasteiger partial charge on any atom is 0.256 e. The summed E-state index contributed by atoms with van der Waals surface area (Å²) in [5, 5.41) is 6.24. The summed E-state index contributed by atoms with van der Waals surface area (Å²) in [7, 11) is 1.52. The average Bonchev–Trinajstić information content (AvgIpc) is 2.52. The zero-order valence-electron chi connectivity index (χ0n) is 11.9. The molecular formula is C14H22N4O2. The number of carbonyl (C=O) groups is 1. The molecule has 1 aromatic rings. The molecule has 2 heterocycles. The third-order valence-corrected chi connectivity index (χ3v) is 3.36. The van der Waals surface area contributed by atoms with Crippen LogP contribution in [0.3, 0.4) is 0 Å². The molecule has 110 valence electrons. The molecule has 0 aromatic carbocycles. The Kier molecular flexibility index (Phi) is 5.76. The number of nitrogens with one attached hydrogen (secondary N) is 2. The lowest BCUT2D eigenvalue weighted by atomic mass is 10.2. The van der Waals surface area contributed by atoms with E-state index in [1.807, 2.05) is 0 Å². The van der Waals surface area contributed by atoms with E-state index in [1.165, 1.54) is 7.11 Å². The van der Waals surface area contributed by atoms with Gasteiger partial charge >= 0.3 is 0 Å². The lowest BCUT2D eigenvalue weighted by molar-refractivity contribution is 0.0947. The Balaban J connectivity index is 1.72. The maximum absolute atomic E-state index is 12.0. The molecule has 1 aliphatic heterocycles. The highest BCUT2D eigenvalue weighted by atomic mass is 16.5. The molecule has 0 radical (unpaired) electrons. The van der Waals surface area contributed by atoms with E-state index in [0.29, 0.717) is 18.0 Å². The van der Waals surface area contributed by atoms with E-state index in [2.05, 4.69) is 20.5 Å². The number of pyridine rings is 1. The number of nitrogens with zero attached hydrogens (tertiary/aromatic N) is 2.